The van der Waals surface area contributed by atoms with E-state index in [1.807, 2.05) is 0 Å². The first-order valence-corrected chi connectivity index (χ1v) is 5.03. The Morgan fingerprint density at radius 2 is 2.20 bits per heavy atom. The van der Waals surface area contributed by atoms with Crippen LogP contribution in [0.4, 0.5) is 4.39 Å². The van der Waals surface area contributed by atoms with Gasteiger partial charge in [0.05, 0.1) is 10.9 Å². The van der Waals surface area contributed by atoms with E-state index in [0.717, 1.165) is 0 Å². The fourth-order valence-corrected chi connectivity index (χ4v) is 1.78. The molecule has 0 bridgehead atoms. The first-order valence-electron chi connectivity index (χ1n) is 4.65. The van der Waals surface area contributed by atoms with E-state index in [1.54, 1.807) is 13.8 Å². The Morgan fingerprint density at radius 1 is 1.60 bits per heavy atom. The van der Waals surface area contributed by atoms with Crippen molar-refractivity contribution in [3.63, 3.8) is 0 Å². The van der Waals surface area contributed by atoms with E-state index in [4.69, 9.17) is 16.7 Å². The second-order valence-electron chi connectivity index (χ2n) is 3.42. The molecule has 1 atom stereocenters. The molecule has 0 saturated carbocycles. The summed E-state index contributed by atoms with van der Waals surface area (Å²) < 4.78 is 13.2. The van der Waals surface area contributed by atoms with Crippen LogP contribution < -0.4 is 0 Å². The zero-order chi connectivity index (χ0) is 11.6. The standard InChI is InChI=1S/C11H12ClFO2/c1-3-7(11(14)15)8-5-10(13)9(12)4-6(8)2/h4-5,7H,3H2,1-2H3,(H,14,15). The highest BCUT2D eigenvalue weighted by Crippen LogP contribution is 2.27. The largest absolute Gasteiger partial charge is 0.481 e. The molecule has 82 valence electrons. The lowest BCUT2D eigenvalue weighted by atomic mass is 9.93. The molecule has 2 nitrogen and oxygen atoms in total. The number of carbonyl (C=O) groups is 1. The third kappa shape index (κ3) is 2.48. The Hall–Kier alpha value is -1.09. The maximum Gasteiger partial charge on any atom is 0.310 e. The van der Waals surface area contributed by atoms with Crippen LogP contribution >= 0.6 is 11.6 Å². The lowest BCUT2D eigenvalue weighted by molar-refractivity contribution is -0.138. The summed E-state index contributed by atoms with van der Waals surface area (Å²) in [4.78, 5) is 10.9. The number of halogens is 2. The fourth-order valence-electron chi connectivity index (χ4n) is 1.56. The molecule has 0 aliphatic heterocycles. The van der Waals surface area contributed by atoms with E-state index in [-0.39, 0.29) is 5.02 Å². The summed E-state index contributed by atoms with van der Waals surface area (Å²) in [6, 6.07) is 2.66. The number of carboxylic acids is 1. The van der Waals surface area contributed by atoms with E-state index >= 15 is 0 Å². The second kappa shape index (κ2) is 4.62. The minimum Gasteiger partial charge on any atom is -0.481 e. The minimum absolute atomic E-state index is 0.0245. The minimum atomic E-state index is -0.942. The molecule has 0 radical (unpaired) electrons. The van der Waals surface area contributed by atoms with Gasteiger partial charge in [0.2, 0.25) is 0 Å². The molecule has 0 aromatic heterocycles. The highest BCUT2D eigenvalue weighted by molar-refractivity contribution is 6.30. The average molecular weight is 231 g/mol. The van der Waals surface area contributed by atoms with E-state index < -0.39 is 17.7 Å². The van der Waals surface area contributed by atoms with E-state index in [1.165, 1.54) is 12.1 Å². The summed E-state index contributed by atoms with van der Waals surface area (Å²) in [5, 5.41) is 8.98. The SMILES string of the molecule is CCC(C(=O)O)c1cc(F)c(Cl)cc1C. The van der Waals surface area contributed by atoms with Crippen molar-refractivity contribution in [2.45, 2.75) is 26.2 Å². The number of aryl methyl sites for hydroxylation is 1. The maximum absolute atomic E-state index is 13.2. The van der Waals surface area contributed by atoms with E-state index in [9.17, 15) is 9.18 Å². The molecule has 1 N–H and O–H groups in total. The monoisotopic (exact) mass is 230 g/mol. The van der Waals surface area contributed by atoms with Crippen LogP contribution in [0.1, 0.15) is 30.4 Å². The van der Waals surface area contributed by atoms with Gasteiger partial charge in [0.15, 0.2) is 0 Å². The topological polar surface area (TPSA) is 37.3 Å². The van der Waals surface area contributed by atoms with Crippen LogP contribution in [0.2, 0.25) is 5.02 Å². The van der Waals surface area contributed by atoms with Gasteiger partial charge in [-0.3, -0.25) is 4.79 Å². The van der Waals surface area contributed by atoms with E-state index in [0.29, 0.717) is 17.5 Å². The van der Waals surface area contributed by atoms with Crippen molar-refractivity contribution in [2.75, 3.05) is 0 Å². The zero-order valence-corrected chi connectivity index (χ0v) is 9.31. The van der Waals surface area contributed by atoms with Gasteiger partial charge in [0.25, 0.3) is 0 Å². The predicted octanol–water partition coefficient (Wildman–Crippen LogP) is 3.37. The van der Waals surface area contributed by atoms with Crippen LogP contribution in [0.3, 0.4) is 0 Å². The third-order valence-electron chi connectivity index (χ3n) is 2.39. The summed E-state index contributed by atoms with van der Waals surface area (Å²) in [6.45, 7) is 3.48. The summed E-state index contributed by atoms with van der Waals surface area (Å²) in [7, 11) is 0. The van der Waals surface area contributed by atoms with Crippen molar-refractivity contribution < 1.29 is 14.3 Å². The van der Waals surface area contributed by atoms with Gasteiger partial charge in [0, 0.05) is 0 Å². The van der Waals surface area contributed by atoms with Gasteiger partial charge < -0.3 is 5.11 Å². The normalized spacial score (nSPS) is 12.5. The van der Waals surface area contributed by atoms with Crippen molar-refractivity contribution in [3.05, 3.63) is 34.1 Å². The smallest absolute Gasteiger partial charge is 0.310 e. The van der Waals surface area contributed by atoms with Crippen LogP contribution in [0.25, 0.3) is 0 Å². The first-order chi connectivity index (χ1) is 6.97. The molecule has 0 heterocycles. The van der Waals surface area contributed by atoms with Crippen molar-refractivity contribution in [3.8, 4) is 0 Å². The average Bonchev–Trinajstić information content (AvgIpc) is 2.14. The summed E-state index contributed by atoms with van der Waals surface area (Å²) in [6.07, 6.45) is 0.428. The number of aliphatic carboxylic acids is 1. The molecule has 0 aliphatic carbocycles. The number of rotatable bonds is 3. The molecule has 1 aromatic carbocycles. The summed E-state index contributed by atoms with van der Waals surface area (Å²) >= 11 is 5.59. The number of hydrogen-bond donors (Lipinski definition) is 1. The Balaban J connectivity index is 3.24. The lowest BCUT2D eigenvalue weighted by Gasteiger charge is -2.13. The first kappa shape index (κ1) is 12.0. The maximum atomic E-state index is 13.2. The molecular formula is C11H12ClFO2. The molecule has 4 heteroatoms. The summed E-state index contributed by atoms with van der Waals surface area (Å²) in [5.74, 6) is -2.18. The van der Waals surface area contributed by atoms with Crippen molar-refractivity contribution >= 4 is 17.6 Å². The lowest BCUT2D eigenvalue weighted by Crippen LogP contribution is -2.12. The van der Waals surface area contributed by atoms with Crippen LogP contribution in [0.15, 0.2) is 12.1 Å². The van der Waals surface area contributed by atoms with Crippen molar-refractivity contribution in [1.29, 1.82) is 0 Å². The number of carboxylic acid groups (broad SMARTS) is 1. The van der Waals surface area contributed by atoms with Gasteiger partial charge in [-0.25, -0.2) is 4.39 Å². The van der Waals surface area contributed by atoms with Crippen LogP contribution in [0, 0.1) is 12.7 Å². The molecule has 0 spiro atoms. The van der Waals surface area contributed by atoms with Gasteiger partial charge in [0.1, 0.15) is 5.82 Å². The van der Waals surface area contributed by atoms with Crippen molar-refractivity contribution in [1.82, 2.24) is 0 Å². The highest BCUT2D eigenvalue weighted by atomic mass is 35.5. The molecule has 1 unspecified atom stereocenters. The highest BCUT2D eigenvalue weighted by Gasteiger charge is 2.20. The second-order valence-corrected chi connectivity index (χ2v) is 3.83. The third-order valence-corrected chi connectivity index (χ3v) is 2.68. The van der Waals surface area contributed by atoms with Gasteiger partial charge in [-0.15, -0.1) is 0 Å². The van der Waals surface area contributed by atoms with Crippen LogP contribution in [-0.2, 0) is 4.79 Å². The quantitative estimate of drug-likeness (QED) is 0.865. The predicted molar refractivity (Wildman–Crippen MR) is 56.8 cm³/mol. The van der Waals surface area contributed by atoms with Crippen LogP contribution in [-0.4, -0.2) is 11.1 Å². The molecule has 0 amide bonds. The Morgan fingerprint density at radius 3 is 2.67 bits per heavy atom. The van der Waals surface area contributed by atoms with E-state index in [2.05, 4.69) is 0 Å². The Bertz CT molecular complexity index is 390. The number of hydrogen-bond acceptors (Lipinski definition) is 1. The molecular weight excluding hydrogens is 219 g/mol. The molecule has 1 rings (SSSR count). The zero-order valence-electron chi connectivity index (χ0n) is 8.55. The molecule has 0 fully saturated rings. The molecule has 0 aliphatic rings. The van der Waals surface area contributed by atoms with Crippen LogP contribution in [0.5, 0.6) is 0 Å². The van der Waals surface area contributed by atoms with Crippen molar-refractivity contribution in [2.24, 2.45) is 0 Å². The molecule has 0 saturated heterocycles. The molecule has 1 aromatic rings. The summed E-state index contributed by atoms with van der Waals surface area (Å²) in [5.41, 5.74) is 1.20. The molecule has 15 heavy (non-hydrogen) atoms. The Labute approximate surface area is 92.7 Å². The van der Waals surface area contributed by atoms with Gasteiger partial charge in [-0.05, 0) is 36.6 Å². The number of benzene rings is 1. The van der Waals surface area contributed by atoms with Gasteiger partial charge >= 0.3 is 5.97 Å². The Kier molecular flexibility index (Phi) is 3.69. The fraction of sp³-hybridized carbons (Fsp3) is 0.364. The van der Waals surface area contributed by atoms with Gasteiger partial charge in [-0.2, -0.15) is 0 Å². The van der Waals surface area contributed by atoms with Gasteiger partial charge in [-0.1, -0.05) is 18.5 Å².